The van der Waals surface area contributed by atoms with Gasteiger partial charge >= 0.3 is 5.97 Å². The van der Waals surface area contributed by atoms with E-state index in [1.807, 2.05) is 0 Å². The van der Waals surface area contributed by atoms with Gasteiger partial charge in [0.2, 0.25) is 0 Å². The monoisotopic (exact) mass is 392 g/mol. The van der Waals surface area contributed by atoms with Crippen molar-refractivity contribution in [3.63, 3.8) is 0 Å². The lowest BCUT2D eigenvalue weighted by Gasteiger charge is -2.59. The Morgan fingerprint density at radius 1 is 1.11 bits per heavy atom. The van der Waals surface area contributed by atoms with E-state index in [4.69, 9.17) is 5.11 Å². The van der Waals surface area contributed by atoms with E-state index in [2.05, 4.69) is 20.8 Å². The molecule has 4 nitrogen and oxygen atoms in total. The molecule has 0 aromatic heterocycles. The van der Waals surface area contributed by atoms with Gasteiger partial charge in [-0.05, 0) is 74.5 Å². The summed E-state index contributed by atoms with van der Waals surface area (Å²) < 4.78 is 0. The molecule has 3 rings (SSSR count). The molecular weight excluding hydrogens is 352 g/mol. The van der Waals surface area contributed by atoms with E-state index in [0.29, 0.717) is 36.4 Å². The number of ketones is 1. The van der Waals surface area contributed by atoms with Crippen LogP contribution in [0.1, 0.15) is 104 Å². The number of carbonyl (C=O) groups excluding carboxylic acids is 1. The minimum Gasteiger partial charge on any atom is -0.481 e. The number of fused-ring (bicyclic) bond motifs is 3. The Bertz CT molecular complexity index is 601. The topological polar surface area (TPSA) is 74.6 Å². The lowest BCUT2D eigenvalue weighted by molar-refractivity contribution is -0.158. The number of Topliss-reactive ketones (excluding diaryl/α,β-unsaturated/α-hetero) is 1. The fraction of sp³-hybridized carbons (Fsp3) is 0.917. The number of hydrogen-bond donors (Lipinski definition) is 2. The molecule has 0 heterocycles. The molecule has 3 aliphatic rings. The summed E-state index contributed by atoms with van der Waals surface area (Å²) in [6.07, 6.45) is 11.3. The Balaban J connectivity index is 1.85. The molecule has 0 bridgehead atoms. The third-order valence-electron chi connectivity index (χ3n) is 8.77. The quantitative estimate of drug-likeness (QED) is 0.545. The van der Waals surface area contributed by atoms with Gasteiger partial charge in [-0.15, -0.1) is 0 Å². The van der Waals surface area contributed by atoms with Crippen molar-refractivity contribution in [1.29, 1.82) is 0 Å². The molecule has 0 unspecified atom stereocenters. The normalized spacial score (nSPS) is 42.9. The summed E-state index contributed by atoms with van der Waals surface area (Å²) in [4.78, 5) is 23.7. The molecule has 4 heteroatoms. The summed E-state index contributed by atoms with van der Waals surface area (Å²) in [6, 6.07) is 0. The number of aliphatic carboxylic acids is 1. The molecule has 2 N–H and O–H groups in total. The summed E-state index contributed by atoms with van der Waals surface area (Å²) >= 11 is 0. The maximum atomic E-state index is 12.7. The van der Waals surface area contributed by atoms with Crippen LogP contribution in [0.25, 0.3) is 0 Å². The molecule has 3 saturated carbocycles. The predicted molar refractivity (Wildman–Crippen MR) is 110 cm³/mol. The van der Waals surface area contributed by atoms with Crippen LogP contribution in [-0.2, 0) is 9.59 Å². The number of hydrogen-bond acceptors (Lipinski definition) is 3. The zero-order valence-electron chi connectivity index (χ0n) is 18.1. The van der Waals surface area contributed by atoms with Crippen molar-refractivity contribution < 1.29 is 19.8 Å². The van der Waals surface area contributed by atoms with Gasteiger partial charge in [-0.25, -0.2) is 0 Å². The molecule has 0 saturated heterocycles. The lowest BCUT2D eigenvalue weighted by Crippen LogP contribution is -2.55. The van der Waals surface area contributed by atoms with E-state index in [9.17, 15) is 14.7 Å². The van der Waals surface area contributed by atoms with Crippen LogP contribution < -0.4 is 0 Å². The first-order valence-electron chi connectivity index (χ1n) is 11.6. The molecular formula is C24H40O4. The second-order valence-corrected chi connectivity index (χ2v) is 10.8. The number of rotatable bonds is 8. The molecule has 6 atom stereocenters. The van der Waals surface area contributed by atoms with Crippen LogP contribution >= 0.6 is 0 Å². The van der Waals surface area contributed by atoms with Gasteiger partial charge in [0.25, 0.3) is 0 Å². The largest absolute Gasteiger partial charge is 0.481 e. The molecule has 0 radical (unpaired) electrons. The molecule has 28 heavy (non-hydrogen) atoms. The third kappa shape index (κ3) is 4.04. The highest BCUT2D eigenvalue weighted by Gasteiger charge is 2.60. The standard InChI is InChI=1S/C24H40O4/c1-4-5-6-13-24(28)15-17-18(22(2,16-24)12-7-8-21(26)27)11-14-23(3)19(17)9-10-20(23)25/h17-19,28H,4-16H2,1-3H3,(H,26,27)/t17-,18+,19+,22+,23+,24+/m1/s1. The van der Waals surface area contributed by atoms with Crippen molar-refractivity contribution in [1.82, 2.24) is 0 Å². The molecule has 3 aliphatic carbocycles. The van der Waals surface area contributed by atoms with Gasteiger partial charge in [-0.3, -0.25) is 9.59 Å². The van der Waals surface area contributed by atoms with Gasteiger partial charge in [0, 0.05) is 18.3 Å². The Kier molecular flexibility index (Phi) is 6.29. The van der Waals surface area contributed by atoms with Gasteiger partial charge in [0.15, 0.2) is 0 Å². The van der Waals surface area contributed by atoms with Crippen LogP contribution in [-0.4, -0.2) is 27.6 Å². The minimum absolute atomic E-state index is 0.0215. The van der Waals surface area contributed by atoms with E-state index in [1.54, 1.807) is 0 Å². The SMILES string of the molecule is CCCCC[C@]1(O)C[C@@H]2[C@H](CC[C@]3(C)C(=O)CC[C@@H]23)[C@@](C)(CCCC(=O)O)C1. The second-order valence-electron chi connectivity index (χ2n) is 10.8. The summed E-state index contributed by atoms with van der Waals surface area (Å²) in [6.45, 7) is 6.67. The van der Waals surface area contributed by atoms with E-state index < -0.39 is 11.6 Å². The first-order chi connectivity index (χ1) is 13.1. The van der Waals surface area contributed by atoms with Gasteiger partial charge < -0.3 is 10.2 Å². The van der Waals surface area contributed by atoms with Crippen molar-refractivity contribution in [3.8, 4) is 0 Å². The maximum absolute atomic E-state index is 12.7. The number of carbonyl (C=O) groups is 2. The molecule has 0 aromatic carbocycles. The van der Waals surface area contributed by atoms with Crippen molar-refractivity contribution >= 4 is 11.8 Å². The zero-order chi connectivity index (χ0) is 20.6. The number of carboxylic acids is 1. The van der Waals surface area contributed by atoms with Gasteiger partial charge in [0.05, 0.1) is 5.60 Å². The Labute approximate surface area is 170 Å². The van der Waals surface area contributed by atoms with E-state index in [-0.39, 0.29) is 17.3 Å². The van der Waals surface area contributed by atoms with E-state index >= 15 is 0 Å². The molecule has 0 spiro atoms. The van der Waals surface area contributed by atoms with Crippen LogP contribution in [0.2, 0.25) is 0 Å². The molecule has 3 fully saturated rings. The van der Waals surface area contributed by atoms with Crippen molar-refractivity contribution in [2.24, 2.45) is 28.6 Å². The smallest absolute Gasteiger partial charge is 0.303 e. The lowest BCUT2D eigenvalue weighted by atomic mass is 9.46. The summed E-state index contributed by atoms with van der Waals surface area (Å²) in [5, 5.41) is 20.8. The summed E-state index contributed by atoms with van der Waals surface area (Å²) in [5.41, 5.74) is -0.866. The van der Waals surface area contributed by atoms with E-state index in [1.165, 1.54) is 0 Å². The van der Waals surface area contributed by atoms with Crippen LogP contribution in [0.15, 0.2) is 0 Å². The van der Waals surface area contributed by atoms with E-state index in [0.717, 1.165) is 64.2 Å². The second kappa shape index (κ2) is 8.08. The highest BCUT2D eigenvalue weighted by Crippen LogP contribution is 2.64. The fourth-order valence-corrected chi connectivity index (χ4v) is 7.41. The number of carboxylic acid groups (broad SMARTS) is 1. The van der Waals surface area contributed by atoms with Crippen LogP contribution in [0.4, 0.5) is 0 Å². The fourth-order valence-electron chi connectivity index (χ4n) is 7.41. The average Bonchev–Trinajstić information content (AvgIpc) is 2.90. The number of aliphatic hydroxyl groups is 1. The van der Waals surface area contributed by atoms with Crippen molar-refractivity contribution in [2.45, 2.75) is 110 Å². The number of unbranched alkanes of at least 4 members (excludes halogenated alkanes) is 2. The van der Waals surface area contributed by atoms with Crippen LogP contribution in [0.3, 0.4) is 0 Å². The van der Waals surface area contributed by atoms with Crippen LogP contribution in [0.5, 0.6) is 0 Å². The van der Waals surface area contributed by atoms with Gasteiger partial charge in [-0.1, -0.05) is 40.0 Å². The van der Waals surface area contributed by atoms with Gasteiger partial charge in [-0.2, -0.15) is 0 Å². The molecule has 0 amide bonds. The zero-order valence-corrected chi connectivity index (χ0v) is 18.1. The molecule has 160 valence electrons. The summed E-state index contributed by atoms with van der Waals surface area (Å²) in [7, 11) is 0. The minimum atomic E-state index is -0.730. The predicted octanol–water partition coefficient (Wildman–Crippen LogP) is 5.36. The summed E-state index contributed by atoms with van der Waals surface area (Å²) in [5.74, 6) is 1.02. The highest BCUT2D eigenvalue weighted by atomic mass is 16.4. The third-order valence-corrected chi connectivity index (χ3v) is 8.77. The first-order valence-corrected chi connectivity index (χ1v) is 11.6. The molecule has 0 aliphatic heterocycles. The Hall–Kier alpha value is -0.900. The Morgan fingerprint density at radius 2 is 1.86 bits per heavy atom. The van der Waals surface area contributed by atoms with Crippen molar-refractivity contribution in [3.05, 3.63) is 0 Å². The van der Waals surface area contributed by atoms with Crippen LogP contribution in [0, 0.1) is 28.6 Å². The van der Waals surface area contributed by atoms with Gasteiger partial charge in [0.1, 0.15) is 5.78 Å². The Morgan fingerprint density at radius 3 is 2.54 bits per heavy atom. The maximum Gasteiger partial charge on any atom is 0.303 e. The highest BCUT2D eigenvalue weighted by molar-refractivity contribution is 5.87. The van der Waals surface area contributed by atoms with Crippen molar-refractivity contribution in [2.75, 3.05) is 0 Å². The first kappa shape index (κ1) is 21.8. The molecule has 0 aromatic rings. The average molecular weight is 393 g/mol.